The molecule has 0 amide bonds. The summed E-state index contributed by atoms with van der Waals surface area (Å²) in [6.07, 6.45) is 5.44. The number of ether oxygens (including phenoxy) is 1. The first-order chi connectivity index (χ1) is 24.3. The van der Waals surface area contributed by atoms with Crippen molar-refractivity contribution in [2.45, 2.75) is 12.3 Å². The van der Waals surface area contributed by atoms with Crippen LogP contribution in [0.1, 0.15) is 17.9 Å². The molecule has 1 aliphatic carbocycles. The van der Waals surface area contributed by atoms with Gasteiger partial charge in [-0.25, -0.2) is 4.98 Å². The molecule has 1 unspecified atom stereocenters. The lowest BCUT2D eigenvalue weighted by Gasteiger charge is -2.31. The number of rotatable bonds is 5. The van der Waals surface area contributed by atoms with E-state index in [1.54, 1.807) is 0 Å². The molecule has 0 radical (unpaired) electrons. The van der Waals surface area contributed by atoms with E-state index >= 15 is 0 Å². The molecule has 4 heteroatoms. The van der Waals surface area contributed by atoms with Crippen LogP contribution in [0.4, 0.5) is 11.4 Å². The first kappa shape index (κ1) is 27.7. The fraction of sp³-hybridized carbons (Fsp3) is 0.0444. The zero-order valence-electron chi connectivity index (χ0n) is 26.6. The number of anilines is 2. The summed E-state index contributed by atoms with van der Waals surface area (Å²) in [5.41, 5.74) is 9.42. The number of hydrogen-bond acceptors (Lipinski definition) is 4. The minimum atomic E-state index is 0.227. The Kier molecular flexibility index (Phi) is 6.28. The molecule has 10 rings (SSSR count). The second-order valence-corrected chi connectivity index (χ2v) is 12.7. The van der Waals surface area contributed by atoms with Crippen LogP contribution in [-0.4, -0.2) is 4.98 Å². The van der Waals surface area contributed by atoms with Gasteiger partial charge in [0.2, 0.25) is 5.89 Å². The van der Waals surface area contributed by atoms with E-state index in [0.717, 1.165) is 84.3 Å². The van der Waals surface area contributed by atoms with Crippen molar-refractivity contribution in [3.63, 3.8) is 0 Å². The quantitative estimate of drug-likeness (QED) is 0.177. The Hall–Kier alpha value is -6.39. The molecule has 0 bridgehead atoms. The Bertz CT molecular complexity index is 2620. The normalized spacial score (nSPS) is 15.1. The molecular weight excluding hydrogens is 601 g/mol. The standard InChI is InChI=1S/C45H30N2O2/c1-3-11-29(12-4-1)35-15-7-9-17-40(35)47(34-24-25-37-36-16-8-10-18-41(36)48-42(37)28-34)33-23-21-30-19-20-31-22-26-39-44(43(31)38(30)27-33)49-45(46-39)32-13-5-2-6-14-32/h1-24,26-28,37H,25H2. The summed E-state index contributed by atoms with van der Waals surface area (Å²) in [6, 6.07) is 53.1. The van der Waals surface area contributed by atoms with Gasteiger partial charge < -0.3 is 14.1 Å². The van der Waals surface area contributed by atoms with Gasteiger partial charge in [-0.15, -0.1) is 0 Å². The predicted octanol–water partition coefficient (Wildman–Crippen LogP) is 12.0. The van der Waals surface area contributed by atoms with Gasteiger partial charge in [0, 0.05) is 45.5 Å². The minimum Gasteiger partial charge on any atom is -0.461 e. The number of allylic oxidation sites excluding steroid dienone is 3. The molecule has 0 N–H and O–H groups in total. The Morgan fingerprint density at radius 1 is 0.653 bits per heavy atom. The average Bonchev–Trinajstić information content (AvgIpc) is 3.77. The van der Waals surface area contributed by atoms with Gasteiger partial charge in [-0.2, -0.15) is 0 Å². The van der Waals surface area contributed by atoms with Crippen molar-refractivity contribution < 1.29 is 9.15 Å². The lowest BCUT2D eigenvalue weighted by atomic mass is 9.90. The lowest BCUT2D eigenvalue weighted by Crippen LogP contribution is -2.19. The fourth-order valence-corrected chi connectivity index (χ4v) is 7.50. The van der Waals surface area contributed by atoms with Gasteiger partial charge in [0.15, 0.2) is 5.58 Å². The zero-order valence-corrected chi connectivity index (χ0v) is 26.6. The number of aromatic nitrogens is 1. The molecule has 0 fully saturated rings. The Balaban J connectivity index is 1.19. The molecule has 1 aliphatic heterocycles. The van der Waals surface area contributed by atoms with Gasteiger partial charge in [-0.05, 0) is 70.6 Å². The Labute approximate surface area is 283 Å². The maximum absolute atomic E-state index is 6.57. The second kappa shape index (κ2) is 11.1. The van der Waals surface area contributed by atoms with Crippen LogP contribution in [0.3, 0.4) is 0 Å². The van der Waals surface area contributed by atoms with Gasteiger partial charge in [-0.3, -0.25) is 0 Å². The molecule has 0 saturated carbocycles. The van der Waals surface area contributed by atoms with Gasteiger partial charge >= 0.3 is 0 Å². The van der Waals surface area contributed by atoms with Crippen LogP contribution in [0, 0.1) is 0 Å². The summed E-state index contributed by atoms with van der Waals surface area (Å²) in [6.45, 7) is 0. The maximum atomic E-state index is 6.57. The number of benzene rings is 7. The third-order valence-corrected chi connectivity index (χ3v) is 9.82. The summed E-state index contributed by atoms with van der Waals surface area (Å²) >= 11 is 0. The molecular formula is C45H30N2O2. The molecule has 0 spiro atoms. The van der Waals surface area contributed by atoms with Crippen LogP contribution in [0.25, 0.3) is 55.2 Å². The molecule has 8 aromatic rings. The van der Waals surface area contributed by atoms with E-state index in [1.807, 2.05) is 36.4 Å². The molecule has 232 valence electrons. The van der Waals surface area contributed by atoms with Crippen molar-refractivity contribution in [2.75, 3.05) is 4.90 Å². The summed E-state index contributed by atoms with van der Waals surface area (Å²) in [7, 11) is 0. The van der Waals surface area contributed by atoms with Crippen LogP contribution in [0.2, 0.25) is 0 Å². The van der Waals surface area contributed by atoms with Gasteiger partial charge in [0.25, 0.3) is 0 Å². The molecule has 1 aromatic heterocycles. The van der Waals surface area contributed by atoms with Crippen molar-refractivity contribution >= 4 is 44.0 Å². The molecule has 4 nitrogen and oxygen atoms in total. The first-order valence-electron chi connectivity index (χ1n) is 16.7. The highest BCUT2D eigenvalue weighted by atomic mass is 16.5. The molecule has 0 saturated heterocycles. The van der Waals surface area contributed by atoms with Crippen LogP contribution < -0.4 is 9.64 Å². The van der Waals surface area contributed by atoms with Crippen molar-refractivity contribution in [1.82, 2.24) is 4.98 Å². The van der Waals surface area contributed by atoms with Gasteiger partial charge in [0.05, 0.1) is 5.69 Å². The van der Waals surface area contributed by atoms with Gasteiger partial charge in [-0.1, -0.05) is 115 Å². The summed E-state index contributed by atoms with van der Waals surface area (Å²) in [4.78, 5) is 7.28. The van der Waals surface area contributed by atoms with E-state index < -0.39 is 0 Å². The van der Waals surface area contributed by atoms with Crippen LogP contribution in [0.5, 0.6) is 5.75 Å². The second-order valence-electron chi connectivity index (χ2n) is 12.7. The van der Waals surface area contributed by atoms with Gasteiger partial charge in [0.1, 0.15) is 17.0 Å². The van der Waals surface area contributed by atoms with E-state index in [1.165, 1.54) is 5.56 Å². The monoisotopic (exact) mass is 630 g/mol. The van der Waals surface area contributed by atoms with E-state index in [-0.39, 0.29) is 5.92 Å². The molecule has 1 atom stereocenters. The maximum Gasteiger partial charge on any atom is 0.227 e. The molecule has 7 aromatic carbocycles. The highest BCUT2D eigenvalue weighted by Crippen LogP contribution is 2.48. The van der Waals surface area contributed by atoms with Crippen molar-refractivity contribution in [3.8, 4) is 28.3 Å². The van der Waals surface area contributed by atoms with E-state index in [0.29, 0.717) is 5.89 Å². The summed E-state index contributed by atoms with van der Waals surface area (Å²) in [5.74, 6) is 2.79. The number of fused-ring (bicyclic) bond motifs is 8. The zero-order chi connectivity index (χ0) is 32.3. The van der Waals surface area contributed by atoms with Crippen LogP contribution in [0.15, 0.2) is 180 Å². The van der Waals surface area contributed by atoms with Crippen molar-refractivity contribution in [1.29, 1.82) is 0 Å². The number of nitrogens with zero attached hydrogens (tertiary/aromatic N) is 2. The number of para-hydroxylation sites is 2. The number of oxazole rings is 1. The number of hydrogen-bond donors (Lipinski definition) is 0. The Morgan fingerprint density at radius 3 is 2.24 bits per heavy atom. The molecule has 49 heavy (non-hydrogen) atoms. The van der Waals surface area contributed by atoms with E-state index in [4.69, 9.17) is 14.1 Å². The highest BCUT2D eigenvalue weighted by molar-refractivity contribution is 6.18. The largest absolute Gasteiger partial charge is 0.461 e. The average molecular weight is 631 g/mol. The van der Waals surface area contributed by atoms with Crippen LogP contribution >= 0.6 is 0 Å². The fourth-order valence-electron chi connectivity index (χ4n) is 7.50. The van der Waals surface area contributed by atoms with Crippen molar-refractivity contribution in [3.05, 3.63) is 181 Å². The smallest absolute Gasteiger partial charge is 0.227 e. The summed E-state index contributed by atoms with van der Waals surface area (Å²) < 4.78 is 13.0. The van der Waals surface area contributed by atoms with Crippen LogP contribution in [-0.2, 0) is 0 Å². The molecule has 2 aliphatic rings. The Morgan fingerprint density at radius 2 is 1.37 bits per heavy atom. The molecule has 2 heterocycles. The third-order valence-electron chi connectivity index (χ3n) is 9.82. The lowest BCUT2D eigenvalue weighted by molar-refractivity contribution is 0.424. The summed E-state index contributed by atoms with van der Waals surface area (Å²) in [5, 5.41) is 4.44. The minimum absolute atomic E-state index is 0.227. The third kappa shape index (κ3) is 4.56. The van der Waals surface area contributed by atoms with E-state index in [2.05, 4.69) is 132 Å². The SMILES string of the molecule is C1=C2Oc3ccccc3C2CC=C1N(c1ccc2ccc3ccc4nc(-c5ccccc5)oc4c3c2c1)c1ccccc1-c1ccccc1. The predicted molar refractivity (Wildman–Crippen MR) is 199 cm³/mol. The highest BCUT2D eigenvalue weighted by Gasteiger charge is 2.32. The van der Waals surface area contributed by atoms with E-state index in [9.17, 15) is 0 Å². The first-order valence-corrected chi connectivity index (χ1v) is 16.7. The van der Waals surface area contributed by atoms with Crippen molar-refractivity contribution in [2.24, 2.45) is 0 Å². The topological polar surface area (TPSA) is 38.5 Å².